The Labute approximate surface area is 129 Å². The number of benzene rings is 1. The molecule has 0 radical (unpaired) electrons. The molecule has 112 valence electrons. The predicted octanol–water partition coefficient (Wildman–Crippen LogP) is 3.69. The molecule has 2 rings (SSSR count). The lowest BCUT2D eigenvalue weighted by Crippen LogP contribution is -2.15. The monoisotopic (exact) mass is 356 g/mol. The van der Waals surface area contributed by atoms with Crippen molar-refractivity contribution >= 4 is 21.9 Å². The second-order valence-electron chi connectivity index (χ2n) is 4.33. The highest BCUT2D eigenvalue weighted by Crippen LogP contribution is 2.25. The van der Waals surface area contributed by atoms with Gasteiger partial charge in [-0.15, -0.1) is 0 Å². The minimum Gasteiger partial charge on any atom is -0.465 e. The number of halogens is 2. The van der Waals surface area contributed by atoms with E-state index in [1.54, 1.807) is 13.0 Å². The largest absolute Gasteiger partial charge is 0.465 e. The van der Waals surface area contributed by atoms with Gasteiger partial charge in [0.1, 0.15) is 11.7 Å². The summed E-state index contributed by atoms with van der Waals surface area (Å²) in [6, 6.07) is 4.30. The van der Waals surface area contributed by atoms with Crippen LogP contribution in [0.5, 0.6) is 0 Å². The minimum absolute atomic E-state index is 0.173. The van der Waals surface area contributed by atoms with Crippen LogP contribution in [-0.4, -0.2) is 22.7 Å². The molecule has 0 aliphatic rings. The number of aromatic nitrogens is 2. The van der Waals surface area contributed by atoms with Crippen LogP contribution in [-0.2, 0) is 9.53 Å². The minimum atomic E-state index is -0.608. The van der Waals surface area contributed by atoms with Crippen molar-refractivity contribution in [3.8, 4) is 11.4 Å². The summed E-state index contributed by atoms with van der Waals surface area (Å²) < 4.78 is 24.0. The summed E-state index contributed by atoms with van der Waals surface area (Å²) in [6.45, 7) is 3.84. The predicted molar refractivity (Wildman–Crippen MR) is 77.1 cm³/mol. The molecule has 0 N–H and O–H groups in total. The van der Waals surface area contributed by atoms with Crippen molar-refractivity contribution < 1.29 is 18.4 Å². The second-order valence-corrected chi connectivity index (χ2v) is 5.24. The van der Waals surface area contributed by atoms with E-state index in [-0.39, 0.29) is 18.3 Å². The third kappa shape index (κ3) is 3.66. The van der Waals surface area contributed by atoms with E-state index >= 15 is 0 Å². The fraction of sp³-hybridized carbons (Fsp3) is 0.357. The molecule has 1 atom stereocenters. The van der Waals surface area contributed by atoms with Gasteiger partial charge in [0.05, 0.1) is 6.61 Å². The standard InChI is InChI=1S/C14H14BrFN2O3/c1-3-11(14(19)20-4-2)13-17-12(18-21-13)8-5-9(15)7-10(16)6-8/h5-7,11H,3-4H2,1-2H3. The molecule has 0 amide bonds. The number of nitrogens with zero attached hydrogens (tertiary/aromatic N) is 2. The molecule has 1 unspecified atom stereocenters. The van der Waals surface area contributed by atoms with Crippen molar-refractivity contribution in [2.75, 3.05) is 6.61 Å². The van der Waals surface area contributed by atoms with Gasteiger partial charge in [-0.1, -0.05) is 28.0 Å². The molecule has 0 spiro atoms. The first-order valence-electron chi connectivity index (χ1n) is 6.51. The molecule has 0 fully saturated rings. The number of hydrogen-bond donors (Lipinski definition) is 0. The molecule has 2 aromatic rings. The van der Waals surface area contributed by atoms with Crippen LogP contribution in [0, 0.1) is 5.82 Å². The molecule has 0 bridgehead atoms. The van der Waals surface area contributed by atoms with Gasteiger partial charge in [0.15, 0.2) is 0 Å². The van der Waals surface area contributed by atoms with Crippen LogP contribution >= 0.6 is 15.9 Å². The van der Waals surface area contributed by atoms with Gasteiger partial charge in [-0.05, 0) is 31.5 Å². The zero-order chi connectivity index (χ0) is 15.4. The van der Waals surface area contributed by atoms with Gasteiger partial charge in [-0.2, -0.15) is 4.98 Å². The SMILES string of the molecule is CCOC(=O)C(CC)c1nc(-c2cc(F)cc(Br)c2)no1. The van der Waals surface area contributed by atoms with E-state index in [0.29, 0.717) is 16.5 Å². The topological polar surface area (TPSA) is 65.2 Å². The molecule has 0 saturated heterocycles. The molecular formula is C14H14BrFN2O3. The molecule has 1 heterocycles. The third-order valence-corrected chi connectivity index (χ3v) is 3.30. The Morgan fingerprint density at radius 2 is 2.19 bits per heavy atom. The van der Waals surface area contributed by atoms with Crippen LogP contribution in [0.1, 0.15) is 32.1 Å². The summed E-state index contributed by atoms with van der Waals surface area (Å²) >= 11 is 3.20. The van der Waals surface area contributed by atoms with Gasteiger partial charge >= 0.3 is 5.97 Å². The van der Waals surface area contributed by atoms with Gasteiger partial charge < -0.3 is 9.26 Å². The number of hydrogen-bond acceptors (Lipinski definition) is 5. The van der Waals surface area contributed by atoms with Crippen LogP contribution < -0.4 is 0 Å². The molecule has 1 aromatic heterocycles. The van der Waals surface area contributed by atoms with Gasteiger partial charge in [-0.25, -0.2) is 4.39 Å². The zero-order valence-electron chi connectivity index (χ0n) is 11.6. The Morgan fingerprint density at radius 1 is 1.43 bits per heavy atom. The summed E-state index contributed by atoms with van der Waals surface area (Å²) in [7, 11) is 0. The van der Waals surface area contributed by atoms with Crippen LogP contribution in [0.15, 0.2) is 27.2 Å². The van der Waals surface area contributed by atoms with Crippen molar-refractivity contribution in [3.05, 3.63) is 34.4 Å². The van der Waals surface area contributed by atoms with Gasteiger partial charge in [-0.3, -0.25) is 4.79 Å². The van der Waals surface area contributed by atoms with Crippen LogP contribution in [0.3, 0.4) is 0 Å². The number of rotatable bonds is 5. The van der Waals surface area contributed by atoms with Crippen molar-refractivity contribution in [1.29, 1.82) is 0 Å². The van der Waals surface area contributed by atoms with Crippen LogP contribution in [0.4, 0.5) is 4.39 Å². The average molecular weight is 357 g/mol. The summed E-state index contributed by atoms with van der Waals surface area (Å²) in [5, 5.41) is 3.80. The normalized spacial score (nSPS) is 12.2. The molecule has 1 aromatic carbocycles. The first-order chi connectivity index (χ1) is 10.0. The lowest BCUT2D eigenvalue weighted by atomic mass is 10.1. The molecule has 7 heteroatoms. The highest BCUT2D eigenvalue weighted by atomic mass is 79.9. The Hall–Kier alpha value is -1.76. The highest BCUT2D eigenvalue weighted by molar-refractivity contribution is 9.10. The summed E-state index contributed by atoms with van der Waals surface area (Å²) in [4.78, 5) is 16.0. The second kappa shape index (κ2) is 6.80. The Morgan fingerprint density at radius 3 is 2.81 bits per heavy atom. The van der Waals surface area contributed by atoms with Crippen molar-refractivity contribution in [2.24, 2.45) is 0 Å². The Bertz CT molecular complexity index is 625. The number of esters is 1. The summed E-state index contributed by atoms with van der Waals surface area (Å²) in [5.41, 5.74) is 0.468. The van der Waals surface area contributed by atoms with E-state index in [0.717, 1.165) is 0 Å². The fourth-order valence-corrected chi connectivity index (χ4v) is 2.33. The van der Waals surface area contributed by atoms with Crippen molar-refractivity contribution in [1.82, 2.24) is 10.1 Å². The third-order valence-electron chi connectivity index (χ3n) is 2.84. The van der Waals surface area contributed by atoms with Crippen molar-refractivity contribution in [2.45, 2.75) is 26.2 Å². The Kier molecular flexibility index (Phi) is 5.06. The van der Waals surface area contributed by atoms with E-state index in [1.165, 1.54) is 12.1 Å². The quantitative estimate of drug-likeness (QED) is 0.764. The molecule has 21 heavy (non-hydrogen) atoms. The number of carbonyl (C=O) groups excluding carboxylic acids is 1. The van der Waals surface area contributed by atoms with Gasteiger partial charge in [0, 0.05) is 10.0 Å². The highest BCUT2D eigenvalue weighted by Gasteiger charge is 2.26. The van der Waals surface area contributed by atoms with Gasteiger partial charge in [0.25, 0.3) is 0 Å². The number of ether oxygens (including phenoxy) is 1. The van der Waals surface area contributed by atoms with E-state index < -0.39 is 17.7 Å². The van der Waals surface area contributed by atoms with E-state index in [4.69, 9.17) is 9.26 Å². The first-order valence-corrected chi connectivity index (χ1v) is 7.31. The Balaban J connectivity index is 2.30. The fourth-order valence-electron chi connectivity index (χ4n) is 1.86. The maximum atomic E-state index is 13.4. The molecular weight excluding hydrogens is 343 g/mol. The maximum absolute atomic E-state index is 13.4. The lowest BCUT2D eigenvalue weighted by Gasteiger charge is -2.08. The maximum Gasteiger partial charge on any atom is 0.318 e. The molecule has 0 aliphatic carbocycles. The van der Waals surface area contributed by atoms with Crippen LogP contribution in [0.25, 0.3) is 11.4 Å². The van der Waals surface area contributed by atoms with E-state index in [1.807, 2.05) is 6.92 Å². The average Bonchev–Trinajstić information content (AvgIpc) is 2.88. The molecule has 0 aliphatic heterocycles. The van der Waals surface area contributed by atoms with Crippen LogP contribution in [0.2, 0.25) is 0 Å². The molecule has 0 saturated carbocycles. The van der Waals surface area contributed by atoms with Gasteiger partial charge in [0.2, 0.25) is 11.7 Å². The first kappa shape index (κ1) is 15.6. The van der Waals surface area contributed by atoms with Crippen molar-refractivity contribution in [3.63, 3.8) is 0 Å². The van der Waals surface area contributed by atoms with E-state index in [9.17, 15) is 9.18 Å². The summed E-state index contributed by atoms with van der Waals surface area (Å²) in [6.07, 6.45) is 0.479. The van der Waals surface area contributed by atoms with E-state index in [2.05, 4.69) is 26.1 Å². The number of carbonyl (C=O) groups is 1. The smallest absolute Gasteiger partial charge is 0.318 e. The zero-order valence-corrected chi connectivity index (χ0v) is 13.2. The molecule has 5 nitrogen and oxygen atoms in total. The lowest BCUT2D eigenvalue weighted by molar-refractivity contribution is -0.145. The summed E-state index contributed by atoms with van der Waals surface area (Å²) in [5.74, 6) is -1.03.